The Bertz CT molecular complexity index is 301. The van der Waals surface area contributed by atoms with Crippen LogP contribution in [0.2, 0.25) is 0 Å². The molecular formula is C14H26N2O2S. The third-order valence-electron chi connectivity index (χ3n) is 4.39. The van der Waals surface area contributed by atoms with Crippen LogP contribution in [0.25, 0.3) is 0 Å². The van der Waals surface area contributed by atoms with Gasteiger partial charge in [0.2, 0.25) is 0 Å². The minimum Gasteiger partial charge on any atom is -0.481 e. The number of hydrogen-bond donors (Lipinski definition) is 1. The summed E-state index contributed by atoms with van der Waals surface area (Å²) in [5.74, 6) is 1.49. The number of aliphatic carboxylic acids is 1. The van der Waals surface area contributed by atoms with Crippen LogP contribution in [0.1, 0.15) is 32.6 Å². The van der Waals surface area contributed by atoms with Gasteiger partial charge in [-0.1, -0.05) is 6.92 Å². The number of carbonyl (C=O) groups is 1. The Kier molecular flexibility index (Phi) is 5.98. The van der Waals surface area contributed by atoms with E-state index >= 15 is 0 Å². The van der Waals surface area contributed by atoms with Crippen molar-refractivity contribution >= 4 is 17.7 Å². The zero-order valence-corrected chi connectivity index (χ0v) is 12.7. The molecule has 2 atom stereocenters. The molecule has 5 heteroatoms. The minimum absolute atomic E-state index is 0.245. The van der Waals surface area contributed by atoms with Gasteiger partial charge in [-0.3, -0.25) is 9.69 Å². The monoisotopic (exact) mass is 286 g/mol. The van der Waals surface area contributed by atoms with Crippen LogP contribution in [0.5, 0.6) is 0 Å². The van der Waals surface area contributed by atoms with Gasteiger partial charge in [0.15, 0.2) is 0 Å². The maximum absolute atomic E-state index is 11.0. The van der Waals surface area contributed by atoms with E-state index in [1.807, 2.05) is 11.8 Å². The SMILES string of the molecule is CCN1CCCC(N2CCSCC2CC(=O)O)CC1. The predicted octanol–water partition coefficient (Wildman–Crippen LogP) is 1.75. The summed E-state index contributed by atoms with van der Waals surface area (Å²) in [5, 5.41) is 9.07. The summed E-state index contributed by atoms with van der Waals surface area (Å²) in [7, 11) is 0. The van der Waals surface area contributed by atoms with Crippen molar-refractivity contribution in [2.45, 2.75) is 44.7 Å². The molecule has 2 heterocycles. The van der Waals surface area contributed by atoms with Crippen LogP contribution in [-0.4, -0.2) is 70.6 Å². The number of thioether (sulfide) groups is 1. The van der Waals surface area contributed by atoms with Crippen LogP contribution in [0.3, 0.4) is 0 Å². The zero-order chi connectivity index (χ0) is 13.7. The molecule has 4 nitrogen and oxygen atoms in total. The Balaban J connectivity index is 1.94. The molecule has 2 aliphatic heterocycles. The minimum atomic E-state index is -0.652. The van der Waals surface area contributed by atoms with Gasteiger partial charge in [-0.05, 0) is 38.9 Å². The predicted molar refractivity (Wildman–Crippen MR) is 79.8 cm³/mol. The number of likely N-dealkylation sites (tertiary alicyclic amines) is 1. The van der Waals surface area contributed by atoms with Crippen LogP contribution >= 0.6 is 11.8 Å². The maximum atomic E-state index is 11.0. The van der Waals surface area contributed by atoms with Gasteiger partial charge < -0.3 is 10.0 Å². The summed E-state index contributed by atoms with van der Waals surface area (Å²) in [6.45, 7) is 6.81. The molecule has 0 aliphatic carbocycles. The number of rotatable bonds is 4. The van der Waals surface area contributed by atoms with E-state index < -0.39 is 5.97 Å². The molecule has 0 saturated carbocycles. The highest BCUT2D eigenvalue weighted by molar-refractivity contribution is 7.99. The molecule has 0 aromatic rings. The van der Waals surface area contributed by atoms with E-state index in [-0.39, 0.29) is 6.04 Å². The molecule has 2 unspecified atom stereocenters. The lowest BCUT2D eigenvalue weighted by molar-refractivity contribution is -0.138. The fraction of sp³-hybridized carbons (Fsp3) is 0.929. The van der Waals surface area contributed by atoms with E-state index in [1.165, 1.54) is 32.4 Å². The average molecular weight is 286 g/mol. The molecule has 1 N–H and O–H groups in total. The highest BCUT2D eigenvalue weighted by atomic mass is 32.2. The van der Waals surface area contributed by atoms with Crippen LogP contribution in [-0.2, 0) is 4.79 Å². The third kappa shape index (κ3) is 4.36. The first-order chi connectivity index (χ1) is 9.20. The summed E-state index contributed by atoms with van der Waals surface area (Å²) >= 11 is 1.91. The molecular weight excluding hydrogens is 260 g/mol. The molecule has 0 spiro atoms. The van der Waals surface area contributed by atoms with E-state index in [2.05, 4.69) is 16.7 Å². The Morgan fingerprint density at radius 2 is 2.16 bits per heavy atom. The number of nitrogens with zero attached hydrogens (tertiary/aromatic N) is 2. The molecule has 0 amide bonds. The molecule has 110 valence electrons. The van der Waals surface area contributed by atoms with E-state index in [9.17, 15) is 4.79 Å². The quantitative estimate of drug-likeness (QED) is 0.853. The van der Waals surface area contributed by atoms with Crippen molar-refractivity contribution in [2.24, 2.45) is 0 Å². The second-order valence-corrected chi connectivity index (χ2v) is 6.73. The van der Waals surface area contributed by atoms with Crippen LogP contribution < -0.4 is 0 Å². The third-order valence-corrected chi connectivity index (χ3v) is 5.48. The molecule has 0 aromatic carbocycles. The first-order valence-corrected chi connectivity index (χ1v) is 8.63. The maximum Gasteiger partial charge on any atom is 0.304 e. The van der Waals surface area contributed by atoms with Crippen LogP contribution in [0.4, 0.5) is 0 Å². The van der Waals surface area contributed by atoms with Crippen molar-refractivity contribution < 1.29 is 9.90 Å². The molecule has 0 bridgehead atoms. The lowest BCUT2D eigenvalue weighted by Crippen LogP contribution is -2.49. The Labute approximate surface area is 120 Å². The second kappa shape index (κ2) is 7.50. The zero-order valence-electron chi connectivity index (χ0n) is 11.9. The van der Waals surface area contributed by atoms with Gasteiger partial charge >= 0.3 is 5.97 Å². The largest absolute Gasteiger partial charge is 0.481 e. The Morgan fingerprint density at radius 3 is 2.89 bits per heavy atom. The second-order valence-electron chi connectivity index (χ2n) is 5.58. The molecule has 0 radical (unpaired) electrons. The molecule has 2 aliphatic rings. The number of carboxylic acids is 1. The standard InChI is InChI=1S/C14H26N2O2S/c1-2-15-6-3-4-12(5-7-15)16-8-9-19-11-13(16)10-14(17)18/h12-13H,2-11H2,1H3,(H,17,18). The van der Waals surface area contributed by atoms with Crippen molar-refractivity contribution in [1.82, 2.24) is 9.80 Å². The van der Waals surface area contributed by atoms with E-state index in [0.29, 0.717) is 12.5 Å². The van der Waals surface area contributed by atoms with Gasteiger partial charge in [-0.15, -0.1) is 0 Å². The van der Waals surface area contributed by atoms with Crippen molar-refractivity contribution in [1.29, 1.82) is 0 Å². The van der Waals surface area contributed by atoms with E-state index in [4.69, 9.17) is 5.11 Å². The van der Waals surface area contributed by atoms with Crippen LogP contribution in [0.15, 0.2) is 0 Å². The molecule has 19 heavy (non-hydrogen) atoms. The summed E-state index contributed by atoms with van der Waals surface area (Å²) in [6.07, 6.45) is 3.99. The fourth-order valence-corrected chi connectivity index (χ4v) is 4.40. The van der Waals surface area contributed by atoms with E-state index in [1.54, 1.807) is 0 Å². The topological polar surface area (TPSA) is 43.8 Å². The highest BCUT2D eigenvalue weighted by Gasteiger charge is 2.31. The summed E-state index contributed by atoms with van der Waals surface area (Å²) in [4.78, 5) is 16.0. The lowest BCUT2D eigenvalue weighted by Gasteiger charge is -2.40. The van der Waals surface area contributed by atoms with Crippen molar-refractivity contribution in [3.8, 4) is 0 Å². The van der Waals surface area contributed by atoms with Gasteiger partial charge in [-0.25, -0.2) is 0 Å². The van der Waals surface area contributed by atoms with Crippen LogP contribution in [0, 0.1) is 0 Å². The molecule has 2 fully saturated rings. The smallest absolute Gasteiger partial charge is 0.304 e. The molecule has 0 aromatic heterocycles. The van der Waals surface area contributed by atoms with Gasteiger partial charge in [0.25, 0.3) is 0 Å². The first-order valence-electron chi connectivity index (χ1n) is 7.48. The molecule has 2 saturated heterocycles. The number of carboxylic acid groups (broad SMARTS) is 1. The van der Waals surface area contributed by atoms with Crippen molar-refractivity contribution in [3.05, 3.63) is 0 Å². The summed E-state index contributed by atoms with van der Waals surface area (Å²) in [5.41, 5.74) is 0. The highest BCUT2D eigenvalue weighted by Crippen LogP contribution is 2.26. The van der Waals surface area contributed by atoms with Gasteiger partial charge in [0.05, 0.1) is 6.42 Å². The summed E-state index contributed by atoms with van der Waals surface area (Å²) in [6, 6.07) is 0.844. The first kappa shape index (κ1) is 15.1. The fourth-order valence-electron chi connectivity index (χ4n) is 3.31. The van der Waals surface area contributed by atoms with Gasteiger partial charge in [-0.2, -0.15) is 11.8 Å². The number of hydrogen-bond acceptors (Lipinski definition) is 4. The van der Waals surface area contributed by atoms with Crippen molar-refractivity contribution in [2.75, 3.05) is 37.7 Å². The van der Waals surface area contributed by atoms with E-state index in [0.717, 1.165) is 24.6 Å². The lowest BCUT2D eigenvalue weighted by atomic mass is 10.0. The average Bonchev–Trinajstić information content (AvgIpc) is 2.64. The van der Waals surface area contributed by atoms with Gasteiger partial charge in [0, 0.05) is 30.1 Å². The summed E-state index contributed by atoms with van der Waals surface area (Å²) < 4.78 is 0. The Morgan fingerprint density at radius 1 is 1.32 bits per heavy atom. The molecule has 2 rings (SSSR count). The normalized spacial score (nSPS) is 31.0. The van der Waals surface area contributed by atoms with Crippen molar-refractivity contribution in [3.63, 3.8) is 0 Å². The van der Waals surface area contributed by atoms with Gasteiger partial charge in [0.1, 0.15) is 0 Å². The Hall–Kier alpha value is -0.260.